The Morgan fingerprint density at radius 1 is 1.36 bits per heavy atom. The standard InChI is InChI=1S/C19H23N5O2S2/c1-5-24-16(11-26-15-10-12(2)6-7-13(15)3)22-23-19(24)28-14(4)17(25)21-18-20-8-9-27-18/h6-10,14H,5,11H2,1-4H3,(H,20,21,25). The van der Waals surface area contributed by atoms with Crippen molar-refractivity contribution in [3.05, 3.63) is 46.7 Å². The highest BCUT2D eigenvalue weighted by Crippen LogP contribution is 2.25. The second-order valence-electron chi connectivity index (χ2n) is 6.29. The van der Waals surface area contributed by atoms with E-state index in [0.717, 1.165) is 22.7 Å². The molecule has 0 aliphatic carbocycles. The summed E-state index contributed by atoms with van der Waals surface area (Å²) in [6.45, 7) is 8.94. The second kappa shape index (κ2) is 9.20. The number of nitrogens with one attached hydrogen (secondary N) is 1. The first-order chi connectivity index (χ1) is 13.5. The number of thiazole rings is 1. The number of aryl methyl sites for hydroxylation is 2. The van der Waals surface area contributed by atoms with Crippen LogP contribution in [0.5, 0.6) is 5.75 Å². The van der Waals surface area contributed by atoms with E-state index in [9.17, 15) is 4.79 Å². The third-order valence-electron chi connectivity index (χ3n) is 4.12. The number of thioether (sulfide) groups is 1. The maximum atomic E-state index is 12.4. The molecule has 0 aliphatic heterocycles. The normalized spacial score (nSPS) is 12.0. The van der Waals surface area contributed by atoms with Crippen LogP contribution in [-0.2, 0) is 17.9 Å². The minimum atomic E-state index is -0.328. The Labute approximate surface area is 172 Å². The largest absolute Gasteiger partial charge is 0.485 e. The third-order valence-corrected chi connectivity index (χ3v) is 5.89. The molecule has 3 rings (SSSR count). The van der Waals surface area contributed by atoms with Gasteiger partial charge in [0.1, 0.15) is 12.4 Å². The Kier molecular flexibility index (Phi) is 6.69. The first-order valence-electron chi connectivity index (χ1n) is 8.97. The van der Waals surface area contributed by atoms with Gasteiger partial charge >= 0.3 is 0 Å². The van der Waals surface area contributed by atoms with Gasteiger partial charge < -0.3 is 14.6 Å². The molecule has 148 valence electrons. The average molecular weight is 418 g/mol. The van der Waals surface area contributed by atoms with Crippen LogP contribution in [0.4, 0.5) is 5.13 Å². The smallest absolute Gasteiger partial charge is 0.239 e. The lowest BCUT2D eigenvalue weighted by molar-refractivity contribution is -0.115. The number of rotatable bonds is 8. The highest BCUT2D eigenvalue weighted by molar-refractivity contribution is 8.00. The first kappa shape index (κ1) is 20.3. The molecule has 0 aliphatic rings. The molecule has 2 aromatic heterocycles. The summed E-state index contributed by atoms with van der Waals surface area (Å²) in [4.78, 5) is 16.4. The van der Waals surface area contributed by atoms with E-state index in [1.807, 2.05) is 49.8 Å². The lowest BCUT2D eigenvalue weighted by Gasteiger charge is -2.13. The zero-order valence-corrected chi connectivity index (χ0v) is 17.9. The molecule has 0 saturated heterocycles. The SMILES string of the molecule is CCn1c(COc2cc(C)ccc2C)nnc1SC(C)C(=O)Nc1nccs1. The van der Waals surface area contributed by atoms with Crippen molar-refractivity contribution in [2.24, 2.45) is 0 Å². The molecule has 0 fully saturated rings. The van der Waals surface area contributed by atoms with Crippen molar-refractivity contribution in [1.29, 1.82) is 0 Å². The molecular weight excluding hydrogens is 394 g/mol. The van der Waals surface area contributed by atoms with Gasteiger partial charge in [-0.05, 0) is 44.9 Å². The Morgan fingerprint density at radius 2 is 2.18 bits per heavy atom. The summed E-state index contributed by atoms with van der Waals surface area (Å²) in [5.41, 5.74) is 2.23. The predicted molar refractivity (Wildman–Crippen MR) is 112 cm³/mol. The number of carbonyl (C=O) groups is 1. The number of anilines is 1. The molecule has 3 aromatic rings. The average Bonchev–Trinajstić information content (AvgIpc) is 3.32. The maximum Gasteiger partial charge on any atom is 0.239 e. The number of carbonyl (C=O) groups excluding carboxylic acids is 1. The molecule has 1 aromatic carbocycles. The Balaban J connectivity index is 1.65. The van der Waals surface area contributed by atoms with Crippen LogP contribution in [0.25, 0.3) is 0 Å². The minimum Gasteiger partial charge on any atom is -0.485 e. The minimum absolute atomic E-state index is 0.112. The van der Waals surface area contributed by atoms with Crippen LogP contribution >= 0.6 is 23.1 Å². The Morgan fingerprint density at radius 3 is 2.89 bits per heavy atom. The lowest BCUT2D eigenvalue weighted by atomic mass is 10.1. The van der Waals surface area contributed by atoms with E-state index in [1.165, 1.54) is 23.1 Å². The molecular formula is C19H23N5O2S2. The number of hydrogen-bond donors (Lipinski definition) is 1. The van der Waals surface area contributed by atoms with Gasteiger partial charge in [0, 0.05) is 18.1 Å². The van der Waals surface area contributed by atoms with Crippen LogP contribution in [0, 0.1) is 13.8 Å². The van der Waals surface area contributed by atoms with Gasteiger partial charge in [-0.2, -0.15) is 0 Å². The third kappa shape index (κ3) is 4.90. The van der Waals surface area contributed by atoms with Gasteiger partial charge in [0.15, 0.2) is 16.1 Å². The molecule has 9 heteroatoms. The molecule has 1 amide bonds. The molecule has 1 unspecified atom stereocenters. The molecule has 0 bridgehead atoms. The number of ether oxygens (including phenoxy) is 1. The number of aromatic nitrogens is 4. The number of hydrogen-bond acceptors (Lipinski definition) is 7. The number of benzene rings is 1. The van der Waals surface area contributed by atoms with Crippen molar-refractivity contribution < 1.29 is 9.53 Å². The molecule has 28 heavy (non-hydrogen) atoms. The van der Waals surface area contributed by atoms with Crippen molar-refractivity contribution in [2.75, 3.05) is 5.32 Å². The van der Waals surface area contributed by atoms with Crippen LogP contribution < -0.4 is 10.1 Å². The van der Waals surface area contributed by atoms with E-state index >= 15 is 0 Å². The molecule has 0 saturated carbocycles. The fourth-order valence-electron chi connectivity index (χ4n) is 2.54. The fraction of sp³-hybridized carbons (Fsp3) is 0.368. The lowest BCUT2D eigenvalue weighted by Crippen LogP contribution is -2.23. The van der Waals surface area contributed by atoms with Crippen molar-refractivity contribution in [3.63, 3.8) is 0 Å². The summed E-state index contributed by atoms with van der Waals surface area (Å²) >= 11 is 2.76. The molecule has 0 radical (unpaired) electrons. The summed E-state index contributed by atoms with van der Waals surface area (Å²) in [7, 11) is 0. The monoisotopic (exact) mass is 417 g/mol. The van der Waals surface area contributed by atoms with E-state index in [1.54, 1.807) is 6.20 Å². The maximum absolute atomic E-state index is 12.4. The molecule has 2 heterocycles. The molecule has 7 nitrogen and oxygen atoms in total. The van der Waals surface area contributed by atoms with Crippen LogP contribution in [0.2, 0.25) is 0 Å². The van der Waals surface area contributed by atoms with Gasteiger partial charge in [-0.25, -0.2) is 4.98 Å². The summed E-state index contributed by atoms with van der Waals surface area (Å²) in [5.74, 6) is 1.47. The van der Waals surface area contributed by atoms with Gasteiger partial charge in [-0.3, -0.25) is 4.79 Å². The van der Waals surface area contributed by atoms with Crippen molar-refractivity contribution in [2.45, 2.75) is 51.3 Å². The van der Waals surface area contributed by atoms with Crippen molar-refractivity contribution >= 4 is 34.1 Å². The van der Waals surface area contributed by atoms with Gasteiger partial charge in [0.2, 0.25) is 5.91 Å². The van der Waals surface area contributed by atoms with E-state index in [2.05, 4.69) is 26.6 Å². The number of nitrogens with zero attached hydrogens (tertiary/aromatic N) is 4. The van der Waals surface area contributed by atoms with Crippen molar-refractivity contribution in [1.82, 2.24) is 19.7 Å². The quantitative estimate of drug-likeness (QED) is 0.557. The van der Waals surface area contributed by atoms with Gasteiger partial charge in [0.05, 0.1) is 5.25 Å². The Bertz CT molecular complexity index is 940. The topological polar surface area (TPSA) is 81.9 Å². The van der Waals surface area contributed by atoms with Crippen LogP contribution in [0.3, 0.4) is 0 Å². The fourth-order valence-corrected chi connectivity index (χ4v) is 4.00. The van der Waals surface area contributed by atoms with E-state index < -0.39 is 0 Å². The van der Waals surface area contributed by atoms with Crippen LogP contribution in [0.1, 0.15) is 30.8 Å². The second-order valence-corrected chi connectivity index (χ2v) is 8.49. The summed E-state index contributed by atoms with van der Waals surface area (Å²) in [5, 5.41) is 14.1. The first-order valence-corrected chi connectivity index (χ1v) is 10.7. The summed E-state index contributed by atoms with van der Waals surface area (Å²) < 4.78 is 7.94. The van der Waals surface area contributed by atoms with Gasteiger partial charge in [-0.1, -0.05) is 23.9 Å². The Hall–Kier alpha value is -2.39. The highest BCUT2D eigenvalue weighted by Gasteiger charge is 2.20. The molecule has 0 spiro atoms. The molecule has 1 N–H and O–H groups in total. The summed E-state index contributed by atoms with van der Waals surface area (Å²) in [6.07, 6.45) is 1.66. The van der Waals surface area contributed by atoms with Gasteiger partial charge in [-0.15, -0.1) is 21.5 Å². The zero-order chi connectivity index (χ0) is 20.1. The van der Waals surface area contributed by atoms with Crippen LogP contribution in [-0.4, -0.2) is 30.9 Å². The van der Waals surface area contributed by atoms with Gasteiger partial charge in [0.25, 0.3) is 0 Å². The van der Waals surface area contributed by atoms with E-state index in [4.69, 9.17) is 4.74 Å². The predicted octanol–water partition coefficient (Wildman–Crippen LogP) is 4.07. The molecule has 1 atom stereocenters. The summed E-state index contributed by atoms with van der Waals surface area (Å²) in [6, 6.07) is 6.12. The van der Waals surface area contributed by atoms with E-state index in [0.29, 0.717) is 23.4 Å². The van der Waals surface area contributed by atoms with Crippen molar-refractivity contribution in [3.8, 4) is 5.75 Å². The number of amides is 1. The van der Waals surface area contributed by atoms with Crippen LogP contribution in [0.15, 0.2) is 34.9 Å². The zero-order valence-electron chi connectivity index (χ0n) is 16.3. The highest BCUT2D eigenvalue weighted by atomic mass is 32.2. The van der Waals surface area contributed by atoms with E-state index in [-0.39, 0.29) is 11.2 Å².